The first-order valence-electron chi connectivity index (χ1n) is 7.78. The standard InChI is InChI=1S/C17H17Cl3N2O4S/c1-3-26-15-7-4-11(18)8-16(15)27(24,25)22(2)10-17(23)21-12-5-6-13(19)14(20)9-12/h4-9H,3,10H2,1-2H3,(H,21,23). The number of ether oxygens (including phenoxy) is 1. The molecule has 0 fully saturated rings. The maximum atomic E-state index is 12.8. The molecule has 10 heteroatoms. The maximum absolute atomic E-state index is 12.8. The van der Waals surface area contributed by atoms with Gasteiger partial charge in [-0.15, -0.1) is 0 Å². The summed E-state index contributed by atoms with van der Waals surface area (Å²) in [7, 11) is -2.71. The number of anilines is 1. The number of hydrogen-bond donors (Lipinski definition) is 1. The third kappa shape index (κ3) is 5.49. The highest BCUT2D eigenvalue weighted by atomic mass is 35.5. The summed E-state index contributed by atoms with van der Waals surface area (Å²) in [5.41, 5.74) is 0.401. The van der Waals surface area contributed by atoms with Crippen molar-refractivity contribution in [1.29, 1.82) is 0 Å². The smallest absolute Gasteiger partial charge is 0.247 e. The monoisotopic (exact) mass is 450 g/mol. The fourth-order valence-corrected chi connectivity index (χ4v) is 4.00. The van der Waals surface area contributed by atoms with Crippen LogP contribution in [0.4, 0.5) is 5.69 Å². The van der Waals surface area contributed by atoms with Crippen LogP contribution in [-0.4, -0.2) is 38.8 Å². The number of halogens is 3. The Bertz CT molecular complexity index is 951. The first-order chi connectivity index (χ1) is 12.6. The van der Waals surface area contributed by atoms with Crippen LogP contribution in [0.1, 0.15) is 6.92 Å². The third-order valence-electron chi connectivity index (χ3n) is 3.46. The third-order valence-corrected chi connectivity index (χ3v) is 6.26. The van der Waals surface area contributed by atoms with E-state index < -0.39 is 22.5 Å². The molecule has 0 unspecified atom stereocenters. The van der Waals surface area contributed by atoms with Crippen LogP contribution >= 0.6 is 34.8 Å². The Labute approximate surface area is 173 Å². The van der Waals surface area contributed by atoms with E-state index >= 15 is 0 Å². The molecular formula is C17H17Cl3N2O4S. The second kappa shape index (κ2) is 9.12. The normalized spacial score (nSPS) is 11.5. The van der Waals surface area contributed by atoms with Crippen LogP contribution in [0.15, 0.2) is 41.3 Å². The molecule has 0 aliphatic rings. The molecule has 0 saturated heterocycles. The molecule has 0 spiro atoms. The van der Waals surface area contributed by atoms with E-state index in [4.69, 9.17) is 39.5 Å². The van der Waals surface area contributed by atoms with E-state index in [1.807, 2.05) is 0 Å². The molecule has 0 radical (unpaired) electrons. The first kappa shape index (κ1) is 21.8. The Morgan fingerprint density at radius 1 is 1.11 bits per heavy atom. The lowest BCUT2D eigenvalue weighted by molar-refractivity contribution is -0.116. The fraction of sp³-hybridized carbons (Fsp3) is 0.235. The molecular weight excluding hydrogens is 435 g/mol. The van der Waals surface area contributed by atoms with E-state index in [0.717, 1.165) is 4.31 Å². The molecule has 2 aromatic carbocycles. The topological polar surface area (TPSA) is 75.7 Å². The molecule has 0 aliphatic carbocycles. The predicted molar refractivity (Wildman–Crippen MR) is 108 cm³/mol. The van der Waals surface area contributed by atoms with Gasteiger partial charge in [-0.05, 0) is 43.3 Å². The van der Waals surface area contributed by atoms with E-state index in [2.05, 4.69) is 5.32 Å². The van der Waals surface area contributed by atoms with Crippen molar-refractivity contribution in [2.45, 2.75) is 11.8 Å². The zero-order valence-electron chi connectivity index (χ0n) is 14.5. The van der Waals surface area contributed by atoms with Crippen molar-refractivity contribution in [2.24, 2.45) is 0 Å². The quantitative estimate of drug-likeness (QED) is 0.681. The maximum Gasteiger partial charge on any atom is 0.247 e. The van der Waals surface area contributed by atoms with Crippen molar-refractivity contribution in [2.75, 3.05) is 25.5 Å². The van der Waals surface area contributed by atoms with Crippen molar-refractivity contribution in [1.82, 2.24) is 4.31 Å². The average molecular weight is 452 g/mol. The van der Waals surface area contributed by atoms with Crippen LogP contribution < -0.4 is 10.1 Å². The molecule has 0 heterocycles. The highest BCUT2D eigenvalue weighted by molar-refractivity contribution is 7.89. The fourth-order valence-electron chi connectivity index (χ4n) is 2.19. The molecule has 6 nitrogen and oxygen atoms in total. The van der Waals surface area contributed by atoms with E-state index in [9.17, 15) is 13.2 Å². The number of rotatable bonds is 7. The highest BCUT2D eigenvalue weighted by Crippen LogP contribution is 2.29. The molecule has 27 heavy (non-hydrogen) atoms. The molecule has 0 aromatic heterocycles. The second-order valence-corrected chi connectivity index (χ2v) is 8.73. The summed E-state index contributed by atoms with van der Waals surface area (Å²) in [5.74, 6) is -0.377. The van der Waals surface area contributed by atoms with Gasteiger partial charge in [-0.25, -0.2) is 8.42 Å². The molecule has 2 rings (SSSR count). The minimum atomic E-state index is -4.00. The van der Waals surface area contributed by atoms with Crippen molar-refractivity contribution < 1.29 is 17.9 Å². The Morgan fingerprint density at radius 3 is 2.44 bits per heavy atom. The largest absolute Gasteiger partial charge is 0.492 e. The minimum absolute atomic E-state index is 0.110. The highest BCUT2D eigenvalue weighted by Gasteiger charge is 2.27. The lowest BCUT2D eigenvalue weighted by atomic mass is 10.3. The van der Waals surface area contributed by atoms with Gasteiger partial charge < -0.3 is 10.1 Å². The number of likely N-dealkylation sites (N-methyl/N-ethyl adjacent to an activating group) is 1. The van der Waals surface area contributed by atoms with Crippen LogP contribution in [0.25, 0.3) is 0 Å². The predicted octanol–water partition coefficient (Wildman–Crippen LogP) is 4.30. The zero-order chi connectivity index (χ0) is 20.2. The Kier molecular flexibility index (Phi) is 7.36. The van der Waals surface area contributed by atoms with E-state index in [0.29, 0.717) is 10.7 Å². The molecule has 0 saturated carbocycles. The number of carbonyl (C=O) groups excluding carboxylic acids is 1. The van der Waals surface area contributed by atoms with E-state index in [1.165, 1.54) is 37.4 Å². The van der Waals surface area contributed by atoms with Crippen LogP contribution in [0.2, 0.25) is 15.1 Å². The number of benzene rings is 2. The molecule has 146 valence electrons. The van der Waals surface area contributed by atoms with Gasteiger partial charge in [0.05, 0.1) is 23.2 Å². The SMILES string of the molecule is CCOc1ccc(Cl)cc1S(=O)(=O)N(C)CC(=O)Nc1ccc(Cl)c(Cl)c1. The number of amides is 1. The van der Waals surface area contributed by atoms with Gasteiger partial charge in [-0.2, -0.15) is 4.31 Å². The van der Waals surface area contributed by atoms with Gasteiger partial charge in [0.15, 0.2) is 0 Å². The Hall–Kier alpha value is -1.51. The summed E-state index contributed by atoms with van der Waals surface area (Å²) in [5, 5.41) is 3.43. The molecule has 0 aliphatic heterocycles. The van der Waals surface area contributed by atoms with Crippen LogP contribution in [0.3, 0.4) is 0 Å². The van der Waals surface area contributed by atoms with E-state index in [-0.39, 0.29) is 27.3 Å². The summed E-state index contributed by atoms with van der Waals surface area (Å²) >= 11 is 17.7. The Balaban J connectivity index is 2.18. The average Bonchev–Trinajstić information content (AvgIpc) is 2.59. The van der Waals surface area contributed by atoms with Gasteiger partial charge >= 0.3 is 0 Å². The summed E-state index contributed by atoms with van der Waals surface area (Å²) in [4.78, 5) is 12.1. The summed E-state index contributed by atoms with van der Waals surface area (Å²) in [6.07, 6.45) is 0. The van der Waals surface area contributed by atoms with Gasteiger partial charge in [0.25, 0.3) is 0 Å². The van der Waals surface area contributed by atoms with E-state index in [1.54, 1.807) is 13.0 Å². The van der Waals surface area contributed by atoms with Crippen LogP contribution in [-0.2, 0) is 14.8 Å². The van der Waals surface area contributed by atoms with Gasteiger partial charge in [-0.1, -0.05) is 34.8 Å². The molecule has 1 N–H and O–H groups in total. The lowest BCUT2D eigenvalue weighted by Gasteiger charge is -2.19. The summed E-state index contributed by atoms with van der Waals surface area (Å²) in [6, 6.07) is 8.85. The van der Waals surface area contributed by atoms with Gasteiger partial charge in [0.1, 0.15) is 10.6 Å². The number of sulfonamides is 1. The molecule has 0 bridgehead atoms. The van der Waals surface area contributed by atoms with Gasteiger partial charge in [0.2, 0.25) is 15.9 Å². The van der Waals surface area contributed by atoms with Gasteiger partial charge in [-0.3, -0.25) is 4.79 Å². The van der Waals surface area contributed by atoms with Gasteiger partial charge in [0, 0.05) is 17.8 Å². The van der Waals surface area contributed by atoms with Crippen molar-refractivity contribution >= 4 is 56.4 Å². The molecule has 0 atom stereocenters. The first-order valence-corrected chi connectivity index (χ1v) is 10.4. The van der Waals surface area contributed by atoms with Crippen molar-refractivity contribution in [3.63, 3.8) is 0 Å². The number of nitrogens with zero attached hydrogens (tertiary/aromatic N) is 1. The van der Waals surface area contributed by atoms with Crippen molar-refractivity contribution in [3.05, 3.63) is 51.5 Å². The van der Waals surface area contributed by atoms with Crippen LogP contribution in [0, 0.1) is 0 Å². The number of nitrogens with one attached hydrogen (secondary N) is 1. The number of hydrogen-bond acceptors (Lipinski definition) is 4. The lowest BCUT2D eigenvalue weighted by Crippen LogP contribution is -2.35. The minimum Gasteiger partial charge on any atom is -0.492 e. The zero-order valence-corrected chi connectivity index (χ0v) is 17.6. The second-order valence-electron chi connectivity index (χ2n) is 5.46. The number of carbonyl (C=O) groups is 1. The molecule has 2 aromatic rings. The molecule has 1 amide bonds. The van der Waals surface area contributed by atoms with Crippen molar-refractivity contribution in [3.8, 4) is 5.75 Å². The Morgan fingerprint density at radius 2 is 1.81 bits per heavy atom. The van der Waals surface area contributed by atoms with Crippen LogP contribution in [0.5, 0.6) is 5.75 Å². The summed E-state index contributed by atoms with van der Waals surface area (Å²) in [6.45, 7) is 1.60. The summed E-state index contributed by atoms with van der Waals surface area (Å²) < 4.78 is 31.9.